The van der Waals surface area contributed by atoms with Crippen LogP contribution in [0.15, 0.2) is 102 Å². The van der Waals surface area contributed by atoms with Gasteiger partial charge in [-0.05, 0) is 78.9 Å². The molecule has 0 radical (unpaired) electrons. The number of alkyl halides is 3. The van der Waals surface area contributed by atoms with Gasteiger partial charge in [0.25, 0.3) is 0 Å². The molecule has 9 nitrogen and oxygen atoms in total. The molecule has 13 heteroatoms. The third-order valence-corrected chi connectivity index (χ3v) is 7.64. The highest BCUT2D eigenvalue weighted by molar-refractivity contribution is 5.82. The van der Waals surface area contributed by atoms with Crippen molar-refractivity contribution in [2.24, 2.45) is 5.73 Å². The van der Waals surface area contributed by atoms with Crippen LogP contribution in [0.5, 0.6) is 11.5 Å². The Kier molecular flexibility index (Phi) is 11.6. The summed E-state index contributed by atoms with van der Waals surface area (Å²) in [6.45, 7) is 3.65. The van der Waals surface area contributed by atoms with E-state index in [-0.39, 0.29) is 5.56 Å². The van der Waals surface area contributed by atoms with E-state index in [1.54, 1.807) is 6.07 Å². The number of carboxylic acid groups (broad SMARTS) is 1. The molecule has 0 aromatic heterocycles. The van der Waals surface area contributed by atoms with E-state index in [0.29, 0.717) is 36.7 Å². The van der Waals surface area contributed by atoms with Gasteiger partial charge >= 0.3 is 12.1 Å². The van der Waals surface area contributed by atoms with E-state index in [1.165, 1.54) is 12.1 Å². The average molecular weight is 679 g/mol. The molecule has 2 heterocycles. The number of rotatable bonds is 7. The number of nitriles is 1. The lowest BCUT2D eigenvalue weighted by molar-refractivity contribution is -0.192. The molecule has 3 aromatic carbocycles. The summed E-state index contributed by atoms with van der Waals surface area (Å²) in [5.41, 5.74) is 12.2. The number of fused-ring (bicyclic) bond motifs is 1. The first-order chi connectivity index (χ1) is 23.4. The Hall–Kier alpha value is -5.90. The van der Waals surface area contributed by atoms with Crippen molar-refractivity contribution in [2.75, 3.05) is 31.7 Å². The van der Waals surface area contributed by atoms with E-state index in [4.69, 9.17) is 25.1 Å². The van der Waals surface area contributed by atoms with Crippen molar-refractivity contribution in [1.29, 1.82) is 5.26 Å². The van der Waals surface area contributed by atoms with Crippen LogP contribution in [0.25, 0.3) is 16.8 Å². The minimum atomic E-state index is -5.08. The Morgan fingerprint density at radius 1 is 1.04 bits per heavy atom. The van der Waals surface area contributed by atoms with E-state index < -0.39 is 18.0 Å². The minimum Gasteiger partial charge on any atom is -0.513 e. The van der Waals surface area contributed by atoms with Gasteiger partial charge in [-0.3, -0.25) is 0 Å². The molecule has 0 saturated carbocycles. The summed E-state index contributed by atoms with van der Waals surface area (Å²) >= 11 is 0. The zero-order chi connectivity index (χ0) is 35.7. The Morgan fingerprint density at radius 3 is 2.27 bits per heavy atom. The van der Waals surface area contributed by atoms with Gasteiger partial charge in [-0.15, -0.1) is 0 Å². The van der Waals surface area contributed by atoms with E-state index in [2.05, 4.69) is 0 Å². The molecule has 49 heavy (non-hydrogen) atoms. The second-order valence-electron chi connectivity index (χ2n) is 10.9. The molecular formula is C36H34F4N4O5. The van der Waals surface area contributed by atoms with E-state index in [0.717, 1.165) is 58.7 Å². The molecule has 2 aliphatic rings. The largest absolute Gasteiger partial charge is 0.513 e. The molecule has 2 aliphatic heterocycles. The molecule has 4 N–H and O–H groups in total. The summed E-state index contributed by atoms with van der Waals surface area (Å²) in [7, 11) is 1.90. The van der Waals surface area contributed by atoms with E-state index in [1.807, 2.05) is 90.7 Å². The van der Waals surface area contributed by atoms with E-state index in [9.17, 15) is 27.9 Å². The molecule has 256 valence electrons. The van der Waals surface area contributed by atoms with Crippen molar-refractivity contribution in [3.05, 3.63) is 119 Å². The van der Waals surface area contributed by atoms with Gasteiger partial charge in [0, 0.05) is 42.4 Å². The number of benzene rings is 3. The van der Waals surface area contributed by atoms with Crippen molar-refractivity contribution in [1.82, 2.24) is 4.90 Å². The molecular weight excluding hydrogens is 644 g/mol. The number of hydrogen-bond acceptors (Lipinski definition) is 8. The first-order valence-corrected chi connectivity index (χ1v) is 15.1. The minimum absolute atomic E-state index is 0.0272. The number of ether oxygens (including phenoxy) is 2. The number of halogens is 4. The van der Waals surface area contributed by atoms with Gasteiger partial charge < -0.3 is 35.2 Å². The summed E-state index contributed by atoms with van der Waals surface area (Å²) in [5, 5.41) is 26.7. The fourth-order valence-corrected chi connectivity index (χ4v) is 5.12. The Bertz CT molecular complexity index is 1840. The van der Waals surface area contributed by atoms with Crippen molar-refractivity contribution in [2.45, 2.75) is 25.9 Å². The third-order valence-electron chi connectivity index (χ3n) is 7.64. The lowest BCUT2D eigenvalue weighted by Crippen LogP contribution is -2.25. The molecule has 0 amide bonds. The number of carbonyl (C=O) groups is 1. The first-order valence-electron chi connectivity index (χ1n) is 15.1. The highest BCUT2D eigenvalue weighted by atomic mass is 19.4. The quantitative estimate of drug-likeness (QED) is 0.132. The van der Waals surface area contributed by atoms with E-state index >= 15 is 0 Å². The highest BCUT2D eigenvalue weighted by Gasteiger charge is 2.38. The number of nitrogens with zero attached hydrogens (tertiary/aromatic N) is 3. The maximum absolute atomic E-state index is 14.8. The number of anilines is 1. The highest BCUT2D eigenvalue weighted by Crippen LogP contribution is 2.36. The van der Waals surface area contributed by atoms with Crippen LogP contribution in [-0.4, -0.2) is 54.1 Å². The number of aliphatic carboxylic acids is 1. The average Bonchev–Trinajstić information content (AvgIpc) is 3.09. The van der Waals surface area contributed by atoms with Gasteiger partial charge in [0.15, 0.2) is 11.5 Å². The summed E-state index contributed by atoms with van der Waals surface area (Å²) in [5.74, 6) is -1.89. The molecule has 0 saturated heterocycles. The number of hydrogen-bond donors (Lipinski definition) is 3. The summed E-state index contributed by atoms with van der Waals surface area (Å²) in [6.07, 6.45) is 3.28. The second-order valence-corrected chi connectivity index (χ2v) is 10.9. The Labute approximate surface area is 280 Å². The normalized spacial score (nSPS) is 15.0. The van der Waals surface area contributed by atoms with Crippen LogP contribution in [0.4, 0.5) is 23.2 Å². The summed E-state index contributed by atoms with van der Waals surface area (Å²) in [6, 6.07) is 20.4. The number of aliphatic hydroxyl groups is 1. The van der Waals surface area contributed by atoms with Crippen LogP contribution >= 0.6 is 0 Å². The monoisotopic (exact) mass is 678 g/mol. The zero-order valence-electron chi connectivity index (χ0n) is 26.7. The van der Waals surface area contributed by atoms with Crippen LogP contribution in [0.3, 0.4) is 0 Å². The van der Waals surface area contributed by atoms with Gasteiger partial charge in [-0.2, -0.15) is 18.4 Å². The number of nitrogens with two attached hydrogens (primary N) is 1. The maximum atomic E-state index is 14.8. The lowest BCUT2D eigenvalue weighted by atomic mass is 10.0. The van der Waals surface area contributed by atoms with Gasteiger partial charge in [-0.1, -0.05) is 30.3 Å². The van der Waals surface area contributed by atoms with Crippen LogP contribution < -0.4 is 20.1 Å². The topological polar surface area (TPSA) is 132 Å². The van der Waals surface area contributed by atoms with Crippen LogP contribution in [0.1, 0.15) is 30.9 Å². The standard InChI is InChI=1S/C34H33FN4O3.C2HF3O2/c1-3-23(32(22-40)39-14-4-5-28(37)21-39)18-31(26-6-7-27(20-36)30(35)17-26)38(2)29-11-8-24(9-12-29)25-10-13-33-34(19-25)42-16-15-41-33;3-2(4,5)1(6)7/h3,6-13,17-19,21-22,40H,4-5,14-16,37H2,1-2H3;(H,6,7)/b23-3+,31-18-,32-22?;. The van der Waals surface area contributed by atoms with Gasteiger partial charge in [-0.25, -0.2) is 9.18 Å². The van der Waals surface area contributed by atoms with Crippen molar-refractivity contribution < 1.29 is 42.0 Å². The SMILES string of the molecule is C/C=C(\C=C(\c1ccc(C#N)c(F)c1)N(C)c1ccc(-c2ccc3c(c2)OCCO3)cc1)C(=CO)N1C=C(N)CCC1.O=C(O)C(F)(F)F. The van der Waals surface area contributed by atoms with Gasteiger partial charge in [0.1, 0.15) is 31.4 Å². The third kappa shape index (κ3) is 8.92. The predicted octanol–water partition coefficient (Wildman–Crippen LogP) is 7.49. The Morgan fingerprint density at radius 2 is 1.69 bits per heavy atom. The molecule has 0 fully saturated rings. The van der Waals surface area contributed by atoms with Crippen LogP contribution in [0, 0.1) is 17.1 Å². The molecule has 0 aliphatic carbocycles. The number of aliphatic hydroxyl groups excluding tert-OH is 1. The predicted molar refractivity (Wildman–Crippen MR) is 177 cm³/mol. The molecule has 0 spiro atoms. The molecule has 0 atom stereocenters. The van der Waals surface area contributed by atoms with Gasteiger partial charge in [0.2, 0.25) is 0 Å². The van der Waals surface area contributed by atoms with Crippen LogP contribution in [-0.2, 0) is 4.79 Å². The Balaban J connectivity index is 0.000000698. The van der Waals surface area contributed by atoms with Crippen LogP contribution in [0.2, 0.25) is 0 Å². The molecule has 5 rings (SSSR count). The maximum Gasteiger partial charge on any atom is 0.490 e. The fourth-order valence-electron chi connectivity index (χ4n) is 5.12. The lowest BCUT2D eigenvalue weighted by Gasteiger charge is -2.29. The smallest absolute Gasteiger partial charge is 0.490 e. The summed E-state index contributed by atoms with van der Waals surface area (Å²) in [4.78, 5) is 12.8. The molecule has 0 unspecified atom stereocenters. The number of allylic oxidation sites excluding steroid dienone is 3. The zero-order valence-corrected chi connectivity index (χ0v) is 26.7. The second kappa shape index (κ2) is 15.8. The van der Waals surface area contributed by atoms with Crippen molar-refractivity contribution >= 4 is 17.4 Å². The fraction of sp³-hybridized carbons (Fsp3) is 0.222. The molecule has 3 aromatic rings. The first kappa shape index (κ1) is 35.9. The molecule has 0 bridgehead atoms. The number of carboxylic acids is 1. The summed E-state index contributed by atoms with van der Waals surface area (Å²) < 4.78 is 58.0. The van der Waals surface area contributed by atoms with Gasteiger partial charge in [0.05, 0.1) is 11.3 Å². The van der Waals surface area contributed by atoms with Crippen molar-refractivity contribution in [3.63, 3.8) is 0 Å². The van der Waals surface area contributed by atoms with Crippen molar-refractivity contribution in [3.8, 4) is 28.7 Å².